The zero-order chi connectivity index (χ0) is 26.4. The second-order valence-electron chi connectivity index (χ2n) is 7.69. The molecule has 1 aliphatic rings. The molecule has 0 radical (unpaired) electrons. The van der Waals surface area contributed by atoms with Gasteiger partial charge in [-0.15, -0.1) is 0 Å². The van der Waals surface area contributed by atoms with Crippen molar-refractivity contribution in [2.24, 2.45) is 5.73 Å². The summed E-state index contributed by atoms with van der Waals surface area (Å²) in [6, 6.07) is 2.10. The fourth-order valence-corrected chi connectivity index (χ4v) is 3.87. The maximum Gasteiger partial charge on any atom is 0.341 e. The molecule has 1 aromatic heterocycles. The maximum absolute atomic E-state index is 14.8. The van der Waals surface area contributed by atoms with E-state index in [9.17, 15) is 36.3 Å². The van der Waals surface area contributed by atoms with Gasteiger partial charge < -0.3 is 26.0 Å². The molecule has 1 aliphatic heterocycles. The van der Waals surface area contributed by atoms with Crippen molar-refractivity contribution in [3.05, 3.63) is 62.7 Å². The lowest BCUT2D eigenvalue weighted by Gasteiger charge is -2.39. The molecule has 0 amide bonds. The number of halogens is 4. The van der Waals surface area contributed by atoms with E-state index >= 15 is 0 Å². The Morgan fingerprint density at radius 1 is 1.14 bits per heavy atom. The first-order valence-electron chi connectivity index (χ1n) is 9.58. The zero-order valence-corrected chi connectivity index (χ0v) is 19.4. The summed E-state index contributed by atoms with van der Waals surface area (Å²) in [5.41, 5.74) is 8.55. The van der Waals surface area contributed by atoms with E-state index in [2.05, 4.69) is 0 Å². The van der Waals surface area contributed by atoms with Gasteiger partial charge in [0.1, 0.15) is 23.0 Å². The Labute approximate surface area is 200 Å². The molecule has 4 rings (SSSR count). The van der Waals surface area contributed by atoms with Gasteiger partial charge in [0.2, 0.25) is 5.43 Å². The first-order chi connectivity index (χ1) is 16.1. The van der Waals surface area contributed by atoms with E-state index in [4.69, 9.17) is 27.6 Å². The smallest absolute Gasteiger partial charge is 0.341 e. The Hall–Kier alpha value is -3.33. The summed E-state index contributed by atoms with van der Waals surface area (Å²) in [6.45, 7) is 0.606. The summed E-state index contributed by atoms with van der Waals surface area (Å²) in [4.78, 5) is 25.7. The molecule has 3 aromatic rings. The Kier molecular flexibility index (Phi) is 7.04. The van der Waals surface area contributed by atoms with E-state index in [0.29, 0.717) is 25.4 Å². The number of fused-ring (bicyclic) bond motifs is 1. The SMILES string of the molecule is CS(=O)(=O)O.Nc1cc(-n2cc(C(=O)O)c(=O)c3cc(F)c(N4CC(N)C4)c(Cl)c32)c(F)cc1F. The van der Waals surface area contributed by atoms with Gasteiger partial charge in [0.25, 0.3) is 10.1 Å². The molecule has 15 heteroatoms. The molecule has 2 heterocycles. The van der Waals surface area contributed by atoms with Crippen LogP contribution in [0.15, 0.2) is 29.2 Å². The fraction of sp³-hybridized carbons (Fsp3) is 0.200. The lowest BCUT2D eigenvalue weighted by Crippen LogP contribution is -2.56. The van der Waals surface area contributed by atoms with Gasteiger partial charge in [0.15, 0.2) is 0 Å². The molecule has 1 fully saturated rings. The van der Waals surface area contributed by atoms with E-state index in [1.807, 2.05) is 0 Å². The second kappa shape index (κ2) is 9.37. The predicted molar refractivity (Wildman–Crippen MR) is 123 cm³/mol. The Balaban J connectivity index is 0.000000623. The number of nitrogens with zero attached hydrogens (tertiary/aromatic N) is 2. The Morgan fingerprint density at radius 3 is 2.23 bits per heavy atom. The van der Waals surface area contributed by atoms with Crippen LogP contribution in [-0.4, -0.2) is 54.0 Å². The van der Waals surface area contributed by atoms with E-state index in [-0.39, 0.29) is 33.3 Å². The number of hydrogen-bond donors (Lipinski definition) is 4. The minimum Gasteiger partial charge on any atom is -0.477 e. The third-order valence-corrected chi connectivity index (χ3v) is 5.30. The first kappa shape index (κ1) is 26.3. The molecule has 0 saturated carbocycles. The number of benzene rings is 2. The Morgan fingerprint density at radius 2 is 1.71 bits per heavy atom. The number of aromatic nitrogens is 1. The number of carboxylic acids is 1. The van der Waals surface area contributed by atoms with Crippen molar-refractivity contribution in [1.29, 1.82) is 0 Å². The van der Waals surface area contributed by atoms with Crippen molar-refractivity contribution in [2.75, 3.05) is 30.0 Å². The highest BCUT2D eigenvalue weighted by Crippen LogP contribution is 2.38. The number of pyridine rings is 1. The van der Waals surface area contributed by atoms with Crippen LogP contribution in [0.25, 0.3) is 16.6 Å². The van der Waals surface area contributed by atoms with Gasteiger partial charge in [-0.3, -0.25) is 9.35 Å². The second-order valence-corrected chi connectivity index (χ2v) is 9.53. The minimum atomic E-state index is -3.67. The molecule has 6 N–H and O–H groups in total. The van der Waals surface area contributed by atoms with Crippen molar-refractivity contribution < 1.29 is 36.0 Å². The quantitative estimate of drug-likeness (QED) is 0.290. The van der Waals surface area contributed by atoms with Crippen molar-refractivity contribution in [1.82, 2.24) is 4.57 Å². The molecule has 0 atom stereocenters. The van der Waals surface area contributed by atoms with Crippen LogP contribution in [0, 0.1) is 17.5 Å². The summed E-state index contributed by atoms with van der Waals surface area (Å²) >= 11 is 6.43. The first-order valence-corrected chi connectivity index (χ1v) is 11.8. The number of carbonyl (C=O) groups is 1. The lowest BCUT2D eigenvalue weighted by atomic mass is 10.0. The maximum atomic E-state index is 14.8. The highest BCUT2D eigenvalue weighted by atomic mass is 35.5. The topological polar surface area (TPSA) is 169 Å². The molecular formula is C20H18ClF3N4O6S. The molecule has 0 bridgehead atoms. The van der Waals surface area contributed by atoms with Gasteiger partial charge in [-0.05, 0) is 12.1 Å². The summed E-state index contributed by atoms with van der Waals surface area (Å²) in [7, 11) is -3.67. The van der Waals surface area contributed by atoms with Gasteiger partial charge >= 0.3 is 5.97 Å². The van der Waals surface area contributed by atoms with E-state index in [0.717, 1.165) is 22.9 Å². The van der Waals surface area contributed by atoms with Crippen molar-refractivity contribution in [2.45, 2.75) is 6.04 Å². The monoisotopic (exact) mass is 534 g/mol. The van der Waals surface area contributed by atoms with Crippen LogP contribution >= 0.6 is 11.6 Å². The molecule has 0 aliphatic carbocycles. The molecule has 188 valence electrons. The van der Waals surface area contributed by atoms with Crippen molar-refractivity contribution in [3.63, 3.8) is 0 Å². The van der Waals surface area contributed by atoms with Crippen molar-refractivity contribution in [3.8, 4) is 5.69 Å². The number of aromatic carboxylic acids is 1. The largest absolute Gasteiger partial charge is 0.477 e. The van der Waals surface area contributed by atoms with Crippen LogP contribution in [0.4, 0.5) is 24.5 Å². The number of rotatable bonds is 3. The molecular weight excluding hydrogens is 517 g/mol. The van der Waals surface area contributed by atoms with Crippen LogP contribution in [0.3, 0.4) is 0 Å². The third-order valence-electron chi connectivity index (χ3n) is 4.94. The minimum absolute atomic E-state index is 0.0578. The lowest BCUT2D eigenvalue weighted by molar-refractivity contribution is 0.0695. The van der Waals surface area contributed by atoms with E-state index in [1.165, 1.54) is 4.90 Å². The van der Waals surface area contributed by atoms with Crippen LogP contribution in [0.2, 0.25) is 5.02 Å². The molecule has 1 saturated heterocycles. The number of nitrogens with two attached hydrogens (primary N) is 2. The molecule has 0 unspecified atom stereocenters. The van der Waals surface area contributed by atoms with Gasteiger partial charge in [0, 0.05) is 31.4 Å². The molecule has 2 aromatic carbocycles. The summed E-state index contributed by atoms with van der Waals surface area (Å²) < 4.78 is 69.9. The standard InChI is InChI=1S/C19H14ClF3N4O3.CH4O3S/c20-15-16-8(1-12(23)17(15)26-4-7(24)5-26)18(28)9(19(29)30)6-27(16)14-3-13(25)10(21)2-11(14)22;1-5(2,3)4/h1-3,6-7H,4-5,24-25H2,(H,29,30);1H3,(H,2,3,4). The van der Waals surface area contributed by atoms with Gasteiger partial charge in [-0.1, -0.05) is 11.6 Å². The molecule has 35 heavy (non-hydrogen) atoms. The van der Waals surface area contributed by atoms with Gasteiger partial charge in [-0.25, -0.2) is 18.0 Å². The highest BCUT2D eigenvalue weighted by molar-refractivity contribution is 7.85. The summed E-state index contributed by atoms with van der Waals surface area (Å²) in [5.74, 6) is -4.58. The third kappa shape index (κ3) is 5.35. The van der Waals surface area contributed by atoms with Crippen LogP contribution in [0.1, 0.15) is 10.4 Å². The van der Waals surface area contributed by atoms with Crippen LogP contribution in [-0.2, 0) is 10.1 Å². The number of anilines is 2. The average Bonchev–Trinajstić information content (AvgIpc) is 2.69. The predicted octanol–water partition coefficient (Wildman–Crippen LogP) is 1.99. The average molecular weight is 535 g/mol. The van der Waals surface area contributed by atoms with Gasteiger partial charge in [0.05, 0.1) is 39.2 Å². The van der Waals surface area contributed by atoms with E-state index < -0.39 is 50.2 Å². The summed E-state index contributed by atoms with van der Waals surface area (Å²) in [5, 5.41) is 8.76. The van der Waals surface area contributed by atoms with Gasteiger partial charge in [-0.2, -0.15) is 8.42 Å². The van der Waals surface area contributed by atoms with E-state index in [1.54, 1.807) is 0 Å². The number of hydrogen-bond acceptors (Lipinski definition) is 7. The normalized spacial score (nSPS) is 13.9. The Bertz CT molecular complexity index is 1520. The van der Waals surface area contributed by atoms with Crippen molar-refractivity contribution >= 4 is 50.0 Å². The zero-order valence-electron chi connectivity index (χ0n) is 17.8. The highest BCUT2D eigenvalue weighted by Gasteiger charge is 2.30. The summed E-state index contributed by atoms with van der Waals surface area (Å²) in [6.07, 6.45) is 1.56. The number of carboxylic acid groups (broad SMARTS) is 1. The fourth-order valence-electron chi connectivity index (χ4n) is 3.47. The van der Waals surface area contributed by atoms with Crippen LogP contribution < -0.4 is 21.8 Å². The molecule has 10 nitrogen and oxygen atoms in total. The molecule has 0 spiro atoms. The van der Waals surface area contributed by atoms with Crippen LogP contribution in [0.5, 0.6) is 0 Å². The number of nitrogen functional groups attached to an aromatic ring is 1.